The maximum atomic E-state index is 13.4. The second kappa shape index (κ2) is 8.84. The standard InChI is InChI=1S/C24H23N3O4S/c1-31-23-15-9-7-13-19(23)22-16-21(18-12-6-8-14-20(18)26-32(2,29)30)25-27(22)24(28)17-10-4-3-5-11-17/h3-15,22,26H,16H2,1-2H3/t22-/m0/s1. The maximum Gasteiger partial charge on any atom is 0.274 e. The van der Waals surface area contributed by atoms with Gasteiger partial charge in [-0.05, 0) is 24.3 Å². The number of carbonyl (C=O) groups excluding carboxylic acids is 1. The van der Waals surface area contributed by atoms with E-state index in [1.807, 2.05) is 36.4 Å². The number of rotatable bonds is 6. The maximum absolute atomic E-state index is 13.4. The van der Waals surface area contributed by atoms with Crippen molar-refractivity contribution in [3.05, 3.63) is 95.6 Å². The highest BCUT2D eigenvalue weighted by molar-refractivity contribution is 7.92. The molecule has 0 fully saturated rings. The van der Waals surface area contributed by atoms with Crippen LogP contribution in [-0.2, 0) is 10.0 Å². The van der Waals surface area contributed by atoms with Crippen molar-refractivity contribution in [1.82, 2.24) is 5.01 Å². The molecule has 0 saturated heterocycles. The van der Waals surface area contributed by atoms with E-state index in [-0.39, 0.29) is 5.91 Å². The van der Waals surface area contributed by atoms with E-state index in [0.29, 0.717) is 34.7 Å². The third kappa shape index (κ3) is 4.50. The Morgan fingerprint density at radius 2 is 1.66 bits per heavy atom. The van der Waals surface area contributed by atoms with Crippen LogP contribution in [0.25, 0.3) is 0 Å². The SMILES string of the molecule is COc1ccccc1[C@@H]1CC(c2ccccc2NS(C)(=O)=O)=NN1C(=O)c1ccccc1. The van der Waals surface area contributed by atoms with Gasteiger partial charge in [-0.15, -0.1) is 0 Å². The van der Waals surface area contributed by atoms with E-state index in [2.05, 4.69) is 9.82 Å². The number of methoxy groups -OCH3 is 1. The van der Waals surface area contributed by atoms with Crippen LogP contribution in [0, 0.1) is 0 Å². The number of hydrogen-bond acceptors (Lipinski definition) is 5. The summed E-state index contributed by atoms with van der Waals surface area (Å²) in [6.45, 7) is 0. The molecule has 0 spiro atoms. The monoisotopic (exact) mass is 449 g/mol. The molecule has 0 unspecified atom stereocenters. The molecule has 7 nitrogen and oxygen atoms in total. The van der Waals surface area contributed by atoms with Gasteiger partial charge in [-0.2, -0.15) is 5.10 Å². The summed E-state index contributed by atoms with van der Waals surface area (Å²) < 4.78 is 31.8. The van der Waals surface area contributed by atoms with Gasteiger partial charge in [0.25, 0.3) is 5.91 Å². The van der Waals surface area contributed by atoms with Crippen molar-refractivity contribution in [1.29, 1.82) is 0 Å². The summed E-state index contributed by atoms with van der Waals surface area (Å²) in [4.78, 5) is 13.4. The Labute approximate surface area is 187 Å². The van der Waals surface area contributed by atoms with Gasteiger partial charge in [-0.25, -0.2) is 13.4 Å². The average Bonchev–Trinajstić information content (AvgIpc) is 3.23. The number of sulfonamides is 1. The molecule has 3 aromatic rings. The second-order valence-corrected chi connectivity index (χ2v) is 9.19. The average molecular weight is 450 g/mol. The van der Waals surface area contributed by atoms with Crippen LogP contribution in [0.4, 0.5) is 5.69 Å². The normalized spacial score (nSPS) is 15.9. The lowest BCUT2D eigenvalue weighted by atomic mass is 9.96. The molecule has 4 rings (SSSR count). The summed E-state index contributed by atoms with van der Waals surface area (Å²) in [5.41, 5.74) is 2.99. The lowest BCUT2D eigenvalue weighted by Gasteiger charge is -2.23. The quantitative estimate of drug-likeness (QED) is 0.615. The van der Waals surface area contributed by atoms with Crippen LogP contribution in [0.2, 0.25) is 0 Å². The molecule has 0 aromatic heterocycles. The zero-order valence-corrected chi connectivity index (χ0v) is 18.5. The summed E-state index contributed by atoms with van der Waals surface area (Å²) in [6.07, 6.45) is 1.50. The summed E-state index contributed by atoms with van der Waals surface area (Å²) in [6, 6.07) is 23.1. The predicted octanol–water partition coefficient (Wildman–Crippen LogP) is 4.06. The van der Waals surface area contributed by atoms with Crippen molar-refractivity contribution in [2.75, 3.05) is 18.1 Å². The van der Waals surface area contributed by atoms with Gasteiger partial charge in [0.15, 0.2) is 0 Å². The first kappa shape index (κ1) is 21.6. The first-order valence-electron chi connectivity index (χ1n) is 10.0. The molecule has 0 radical (unpaired) electrons. The number of benzene rings is 3. The first-order valence-corrected chi connectivity index (χ1v) is 11.9. The Hall–Kier alpha value is -3.65. The van der Waals surface area contributed by atoms with Crippen molar-refractivity contribution in [3.8, 4) is 5.75 Å². The summed E-state index contributed by atoms with van der Waals surface area (Å²) in [7, 11) is -1.90. The molecular formula is C24H23N3O4S. The van der Waals surface area contributed by atoms with Crippen LogP contribution in [0.1, 0.15) is 33.9 Å². The molecular weight excluding hydrogens is 426 g/mol. The highest BCUT2D eigenvalue weighted by Crippen LogP contribution is 2.39. The van der Waals surface area contributed by atoms with Crippen molar-refractivity contribution in [2.45, 2.75) is 12.5 Å². The number of hydrogen-bond donors (Lipinski definition) is 1. The van der Waals surface area contributed by atoms with E-state index in [4.69, 9.17) is 4.74 Å². The van der Waals surface area contributed by atoms with E-state index in [1.165, 1.54) is 5.01 Å². The van der Waals surface area contributed by atoms with Gasteiger partial charge in [0.05, 0.1) is 30.8 Å². The fourth-order valence-electron chi connectivity index (χ4n) is 3.78. The number of anilines is 1. The first-order chi connectivity index (χ1) is 15.4. The van der Waals surface area contributed by atoms with Gasteiger partial charge in [0.2, 0.25) is 10.0 Å². The molecule has 1 heterocycles. The largest absolute Gasteiger partial charge is 0.496 e. The van der Waals surface area contributed by atoms with Crippen LogP contribution in [0.15, 0.2) is 84.0 Å². The molecule has 1 atom stereocenters. The van der Waals surface area contributed by atoms with E-state index >= 15 is 0 Å². The number of amides is 1. The summed E-state index contributed by atoms with van der Waals surface area (Å²) in [5, 5.41) is 6.13. The van der Waals surface area contributed by atoms with E-state index < -0.39 is 16.1 Å². The number of carbonyl (C=O) groups is 1. The molecule has 0 saturated carbocycles. The highest BCUT2D eigenvalue weighted by atomic mass is 32.2. The molecule has 1 aliphatic rings. The number of nitrogens with zero attached hydrogens (tertiary/aromatic N) is 2. The summed E-state index contributed by atoms with van der Waals surface area (Å²) in [5.74, 6) is 0.410. The molecule has 164 valence electrons. The number of hydrazone groups is 1. The third-order valence-corrected chi connectivity index (χ3v) is 5.76. The van der Waals surface area contributed by atoms with E-state index in [1.54, 1.807) is 49.6 Å². The molecule has 32 heavy (non-hydrogen) atoms. The minimum atomic E-state index is -3.48. The Morgan fingerprint density at radius 3 is 2.38 bits per heavy atom. The van der Waals surface area contributed by atoms with E-state index in [0.717, 1.165) is 11.8 Å². The predicted molar refractivity (Wildman–Crippen MR) is 124 cm³/mol. The minimum absolute atomic E-state index is 0.245. The fraction of sp³-hybridized carbons (Fsp3) is 0.167. The molecule has 1 N–H and O–H groups in total. The zero-order valence-electron chi connectivity index (χ0n) is 17.7. The smallest absolute Gasteiger partial charge is 0.274 e. The molecule has 1 amide bonds. The van der Waals surface area contributed by atoms with Crippen LogP contribution in [-0.4, -0.2) is 38.4 Å². The van der Waals surface area contributed by atoms with Crippen LogP contribution in [0.5, 0.6) is 5.75 Å². The van der Waals surface area contributed by atoms with Gasteiger partial charge in [0, 0.05) is 23.1 Å². The van der Waals surface area contributed by atoms with Gasteiger partial charge in [-0.3, -0.25) is 9.52 Å². The number of nitrogens with one attached hydrogen (secondary N) is 1. The Balaban J connectivity index is 1.80. The number of ether oxygens (including phenoxy) is 1. The van der Waals surface area contributed by atoms with Crippen LogP contribution >= 0.6 is 0 Å². The molecule has 8 heteroatoms. The zero-order chi connectivity index (χ0) is 22.7. The minimum Gasteiger partial charge on any atom is -0.496 e. The van der Waals surface area contributed by atoms with Gasteiger partial charge < -0.3 is 4.74 Å². The molecule has 1 aliphatic heterocycles. The lowest BCUT2D eigenvalue weighted by Crippen LogP contribution is -2.27. The Morgan fingerprint density at radius 1 is 1.00 bits per heavy atom. The topological polar surface area (TPSA) is 88.1 Å². The van der Waals surface area contributed by atoms with Gasteiger partial charge in [-0.1, -0.05) is 54.6 Å². The third-order valence-electron chi connectivity index (χ3n) is 5.17. The molecule has 0 aliphatic carbocycles. The highest BCUT2D eigenvalue weighted by Gasteiger charge is 2.35. The summed E-state index contributed by atoms with van der Waals surface area (Å²) >= 11 is 0. The lowest BCUT2D eigenvalue weighted by molar-refractivity contribution is 0.0709. The van der Waals surface area contributed by atoms with Crippen LogP contribution < -0.4 is 9.46 Å². The van der Waals surface area contributed by atoms with Gasteiger partial charge in [0.1, 0.15) is 5.75 Å². The second-order valence-electron chi connectivity index (χ2n) is 7.44. The van der Waals surface area contributed by atoms with Gasteiger partial charge >= 0.3 is 0 Å². The van der Waals surface area contributed by atoms with Crippen molar-refractivity contribution in [3.63, 3.8) is 0 Å². The molecule has 0 bridgehead atoms. The van der Waals surface area contributed by atoms with Crippen LogP contribution in [0.3, 0.4) is 0 Å². The Kier molecular flexibility index (Phi) is 5.96. The van der Waals surface area contributed by atoms with E-state index in [9.17, 15) is 13.2 Å². The number of para-hydroxylation sites is 2. The van der Waals surface area contributed by atoms with Crippen molar-refractivity contribution < 1.29 is 17.9 Å². The Bertz CT molecular complexity index is 1270. The van der Waals surface area contributed by atoms with Crippen molar-refractivity contribution in [2.24, 2.45) is 5.10 Å². The fourth-order valence-corrected chi connectivity index (χ4v) is 4.36. The van der Waals surface area contributed by atoms with Crippen molar-refractivity contribution >= 4 is 27.3 Å². The molecule has 3 aromatic carbocycles.